The van der Waals surface area contributed by atoms with E-state index >= 15 is 0 Å². The van der Waals surface area contributed by atoms with Crippen LogP contribution in [0.1, 0.15) is 48.0 Å². The number of nitrogens with one attached hydrogen (secondary N) is 2. The fraction of sp³-hybridized carbons (Fsp3) is 0.450. The molecule has 1 aliphatic carbocycles. The quantitative estimate of drug-likeness (QED) is 0.843. The van der Waals surface area contributed by atoms with E-state index in [0.717, 1.165) is 24.8 Å². The van der Waals surface area contributed by atoms with Crippen molar-refractivity contribution in [3.63, 3.8) is 0 Å². The van der Waals surface area contributed by atoms with Gasteiger partial charge in [0.25, 0.3) is 6.43 Å². The number of fused-ring (bicyclic) bond motifs is 1. The van der Waals surface area contributed by atoms with Gasteiger partial charge in [0, 0.05) is 24.8 Å². The van der Waals surface area contributed by atoms with E-state index in [1.54, 1.807) is 0 Å². The number of ether oxygens (including phenoxy) is 1. The molecule has 2 N–H and O–H groups in total. The van der Waals surface area contributed by atoms with E-state index in [1.165, 1.54) is 17.8 Å². The van der Waals surface area contributed by atoms with E-state index in [-0.39, 0.29) is 35.6 Å². The smallest absolute Gasteiger partial charge is 0.315 e. The molecule has 1 unspecified atom stereocenters. The van der Waals surface area contributed by atoms with Crippen molar-refractivity contribution >= 4 is 6.03 Å². The van der Waals surface area contributed by atoms with Gasteiger partial charge in [-0.1, -0.05) is 24.3 Å². The lowest BCUT2D eigenvalue weighted by Gasteiger charge is -2.39. The van der Waals surface area contributed by atoms with E-state index < -0.39 is 6.43 Å². The molecule has 1 saturated heterocycles. The number of alkyl halides is 2. The highest BCUT2D eigenvalue weighted by Crippen LogP contribution is 2.51. The van der Waals surface area contributed by atoms with E-state index in [2.05, 4.69) is 32.7 Å². The molecular weight excluding hydrogens is 366 g/mol. The Hall–Kier alpha value is -2.61. The van der Waals surface area contributed by atoms with Crippen LogP contribution < -0.4 is 10.6 Å². The number of rotatable bonds is 4. The standard InChI is InChI=1S/C20H22F2N4O2/c21-18(22)15-5-8-23-16(25-15)12-24-19(27)26-17-14-4-2-1-3-13(14)11-20(17)6-9-28-10-7-20/h1-5,8,17-18H,6-7,9-12H2,(H2,24,26,27). The Morgan fingerprint density at radius 3 is 2.82 bits per heavy atom. The van der Waals surface area contributed by atoms with Crippen molar-refractivity contribution in [2.24, 2.45) is 5.41 Å². The van der Waals surface area contributed by atoms with Gasteiger partial charge in [-0.05, 0) is 36.5 Å². The molecule has 1 aliphatic heterocycles. The Bertz CT molecular complexity index is 856. The summed E-state index contributed by atoms with van der Waals surface area (Å²) in [4.78, 5) is 20.3. The van der Waals surface area contributed by atoms with Crippen LogP contribution in [0.15, 0.2) is 36.5 Å². The zero-order chi connectivity index (χ0) is 19.6. The molecule has 1 aromatic heterocycles. The summed E-state index contributed by atoms with van der Waals surface area (Å²) in [6.07, 6.45) is 1.28. The average Bonchev–Trinajstić information content (AvgIpc) is 3.00. The highest BCUT2D eigenvalue weighted by atomic mass is 19.3. The molecule has 0 bridgehead atoms. The van der Waals surface area contributed by atoms with Crippen LogP contribution in [0.25, 0.3) is 0 Å². The molecule has 2 aromatic rings. The third-order valence-corrected chi connectivity index (χ3v) is 5.64. The van der Waals surface area contributed by atoms with Crippen molar-refractivity contribution in [2.45, 2.75) is 38.3 Å². The Labute approximate surface area is 161 Å². The van der Waals surface area contributed by atoms with Gasteiger partial charge in [0.1, 0.15) is 11.5 Å². The molecule has 2 heterocycles. The third-order valence-electron chi connectivity index (χ3n) is 5.64. The van der Waals surface area contributed by atoms with Gasteiger partial charge in [-0.2, -0.15) is 0 Å². The van der Waals surface area contributed by atoms with E-state index in [1.807, 2.05) is 12.1 Å². The number of nitrogens with zero attached hydrogens (tertiary/aromatic N) is 2. The molecular formula is C20H22F2N4O2. The topological polar surface area (TPSA) is 76.1 Å². The summed E-state index contributed by atoms with van der Waals surface area (Å²) in [5.41, 5.74) is 1.99. The third kappa shape index (κ3) is 3.69. The minimum Gasteiger partial charge on any atom is -0.381 e. The highest BCUT2D eigenvalue weighted by molar-refractivity contribution is 5.74. The largest absolute Gasteiger partial charge is 0.381 e. The predicted molar refractivity (Wildman–Crippen MR) is 97.7 cm³/mol. The summed E-state index contributed by atoms with van der Waals surface area (Å²) in [6.45, 7) is 1.35. The van der Waals surface area contributed by atoms with Crippen LogP contribution in [0, 0.1) is 5.41 Å². The fourth-order valence-corrected chi connectivity index (χ4v) is 4.23. The Kier molecular flexibility index (Phi) is 5.21. The van der Waals surface area contributed by atoms with Crippen molar-refractivity contribution in [2.75, 3.05) is 13.2 Å². The van der Waals surface area contributed by atoms with Gasteiger partial charge in [-0.3, -0.25) is 0 Å². The number of carbonyl (C=O) groups is 1. The van der Waals surface area contributed by atoms with Crippen LogP contribution in [0.2, 0.25) is 0 Å². The molecule has 2 amide bonds. The Balaban J connectivity index is 1.46. The van der Waals surface area contributed by atoms with Crippen LogP contribution >= 0.6 is 0 Å². The number of hydrogen-bond donors (Lipinski definition) is 2. The molecule has 1 atom stereocenters. The van der Waals surface area contributed by atoms with Gasteiger partial charge < -0.3 is 15.4 Å². The van der Waals surface area contributed by atoms with Gasteiger partial charge in [0.05, 0.1) is 12.6 Å². The minimum absolute atomic E-state index is 0.0170. The van der Waals surface area contributed by atoms with Crippen LogP contribution in [-0.2, 0) is 17.7 Å². The zero-order valence-corrected chi connectivity index (χ0v) is 15.3. The lowest BCUT2D eigenvalue weighted by molar-refractivity contribution is 0.00213. The maximum absolute atomic E-state index is 12.8. The predicted octanol–water partition coefficient (Wildman–Crippen LogP) is 3.31. The second kappa shape index (κ2) is 7.79. The number of hydrogen-bond acceptors (Lipinski definition) is 4. The van der Waals surface area contributed by atoms with Crippen molar-refractivity contribution in [3.8, 4) is 0 Å². The molecule has 2 aliphatic rings. The van der Waals surface area contributed by atoms with Gasteiger partial charge in [-0.25, -0.2) is 23.5 Å². The summed E-state index contributed by atoms with van der Waals surface area (Å²) in [5, 5.41) is 5.79. The van der Waals surface area contributed by atoms with Gasteiger partial charge in [-0.15, -0.1) is 0 Å². The lowest BCUT2D eigenvalue weighted by atomic mass is 9.74. The molecule has 1 spiro atoms. The number of aromatic nitrogens is 2. The summed E-state index contributed by atoms with van der Waals surface area (Å²) in [7, 11) is 0. The second-order valence-corrected chi connectivity index (χ2v) is 7.31. The van der Waals surface area contributed by atoms with E-state index in [4.69, 9.17) is 4.74 Å². The van der Waals surface area contributed by atoms with Crippen molar-refractivity contribution < 1.29 is 18.3 Å². The maximum Gasteiger partial charge on any atom is 0.315 e. The number of carbonyl (C=O) groups excluding carboxylic acids is 1. The first kappa shape index (κ1) is 18.7. The van der Waals surface area contributed by atoms with Crippen molar-refractivity contribution in [3.05, 3.63) is 59.2 Å². The van der Waals surface area contributed by atoms with Crippen molar-refractivity contribution in [1.29, 1.82) is 0 Å². The molecule has 1 aromatic carbocycles. The van der Waals surface area contributed by atoms with Crippen LogP contribution in [-0.4, -0.2) is 29.2 Å². The SMILES string of the molecule is O=C(NCc1nccc(C(F)F)n1)NC1c2ccccc2CC12CCOCC2. The van der Waals surface area contributed by atoms with Crippen LogP contribution in [0.4, 0.5) is 13.6 Å². The van der Waals surface area contributed by atoms with Gasteiger partial charge >= 0.3 is 6.03 Å². The Morgan fingerprint density at radius 1 is 1.25 bits per heavy atom. The summed E-state index contributed by atoms with van der Waals surface area (Å²) in [6, 6.07) is 8.85. The summed E-state index contributed by atoms with van der Waals surface area (Å²) >= 11 is 0. The molecule has 28 heavy (non-hydrogen) atoms. The second-order valence-electron chi connectivity index (χ2n) is 7.31. The average molecular weight is 388 g/mol. The fourth-order valence-electron chi connectivity index (χ4n) is 4.23. The summed E-state index contributed by atoms with van der Waals surface area (Å²) < 4.78 is 31.1. The molecule has 8 heteroatoms. The molecule has 148 valence electrons. The molecule has 1 fully saturated rings. The number of urea groups is 1. The number of benzene rings is 1. The first-order chi connectivity index (χ1) is 13.6. The van der Waals surface area contributed by atoms with Crippen LogP contribution in [0.3, 0.4) is 0 Å². The molecule has 0 radical (unpaired) electrons. The van der Waals surface area contributed by atoms with Crippen LogP contribution in [0.5, 0.6) is 0 Å². The summed E-state index contributed by atoms with van der Waals surface area (Å²) in [5.74, 6) is 0.153. The monoisotopic (exact) mass is 388 g/mol. The lowest BCUT2D eigenvalue weighted by Crippen LogP contribution is -2.45. The first-order valence-electron chi connectivity index (χ1n) is 9.37. The first-order valence-corrected chi connectivity index (χ1v) is 9.37. The molecule has 4 rings (SSSR count). The Morgan fingerprint density at radius 2 is 2.04 bits per heavy atom. The highest BCUT2D eigenvalue weighted by Gasteiger charge is 2.47. The van der Waals surface area contributed by atoms with E-state index in [9.17, 15) is 13.6 Å². The molecule has 0 saturated carbocycles. The van der Waals surface area contributed by atoms with Crippen molar-refractivity contribution in [1.82, 2.24) is 20.6 Å². The number of halogens is 2. The van der Waals surface area contributed by atoms with E-state index in [0.29, 0.717) is 13.2 Å². The zero-order valence-electron chi connectivity index (χ0n) is 15.3. The normalized spacial score (nSPS) is 20.2. The number of amides is 2. The van der Waals surface area contributed by atoms with Gasteiger partial charge in [0.2, 0.25) is 0 Å². The minimum atomic E-state index is -2.67. The van der Waals surface area contributed by atoms with Gasteiger partial charge in [0.15, 0.2) is 0 Å². The maximum atomic E-state index is 12.8. The molecule has 6 nitrogen and oxygen atoms in total.